The van der Waals surface area contributed by atoms with E-state index in [0.717, 1.165) is 0 Å². The lowest BCUT2D eigenvalue weighted by Crippen LogP contribution is -2.56. The van der Waals surface area contributed by atoms with Crippen molar-refractivity contribution in [2.45, 2.75) is 102 Å². The summed E-state index contributed by atoms with van der Waals surface area (Å²) < 4.78 is 68.6. The van der Waals surface area contributed by atoms with Gasteiger partial charge < -0.3 is 38.5 Å². The minimum atomic E-state index is -3.83. The highest BCUT2D eigenvalue weighted by atomic mass is 19.3. The third-order valence-corrected chi connectivity index (χ3v) is 6.59. The van der Waals surface area contributed by atoms with E-state index in [1.807, 2.05) is 0 Å². The first kappa shape index (κ1) is 30.3. The molecule has 1 aromatic carbocycles. The largest absolute Gasteiger partial charge is 0.462 e. The van der Waals surface area contributed by atoms with Crippen LogP contribution >= 0.6 is 0 Å². The highest BCUT2D eigenvalue weighted by Crippen LogP contribution is 2.44. The van der Waals surface area contributed by atoms with E-state index in [1.165, 1.54) is 38.1 Å². The predicted molar refractivity (Wildman–Crippen MR) is 132 cm³/mol. The molecule has 40 heavy (non-hydrogen) atoms. The number of fused-ring (bicyclic) bond motifs is 3. The number of hydrogen-bond donors (Lipinski definition) is 1. The third kappa shape index (κ3) is 6.77. The van der Waals surface area contributed by atoms with Crippen LogP contribution in [-0.2, 0) is 42.7 Å². The van der Waals surface area contributed by atoms with Crippen LogP contribution in [0.5, 0.6) is 0 Å². The average molecular weight is 572 g/mol. The van der Waals surface area contributed by atoms with Gasteiger partial charge in [0.25, 0.3) is 0 Å². The molecule has 0 spiro atoms. The van der Waals surface area contributed by atoms with Crippen molar-refractivity contribution in [2.75, 3.05) is 13.2 Å². The molecule has 1 N–H and O–H groups in total. The Hall–Kier alpha value is -2.71. The summed E-state index contributed by atoms with van der Waals surface area (Å²) >= 11 is 0. The van der Waals surface area contributed by atoms with Crippen LogP contribution < -0.4 is 5.32 Å². The molecule has 11 nitrogen and oxygen atoms in total. The molecule has 0 aromatic heterocycles. The Morgan fingerprint density at radius 3 is 2.17 bits per heavy atom. The van der Waals surface area contributed by atoms with E-state index < -0.39 is 78.5 Å². The normalized spacial score (nSPS) is 29.1. The molecular formula is C27H35F2NO10. The Bertz CT molecular complexity index is 1110. The molecule has 1 unspecified atom stereocenters. The van der Waals surface area contributed by atoms with Gasteiger partial charge >= 0.3 is 17.9 Å². The van der Waals surface area contributed by atoms with Crippen molar-refractivity contribution in [1.82, 2.24) is 5.32 Å². The number of esters is 2. The van der Waals surface area contributed by atoms with Crippen molar-refractivity contribution in [1.29, 1.82) is 0 Å². The molecule has 3 heterocycles. The fraction of sp³-hybridized carbons (Fsp3) is 0.667. The van der Waals surface area contributed by atoms with Gasteiger partial charge in [-0.05, 0) is 52.3 Å². The summed E-state index contributed by atoms with van der Waals surface area (Å²) in [5.41, 5.74) is 0.401. The summed E-state index contributed by atoms with van der Waals surface area (Å²) in [4.78, 5) is 36.2. The number of carbonyl (C=O) groups excluding carboxylic acids is 3. The number of alkyl halides is 2. The second-order valence-corrected chi connectivity index (χ2v) is 10.8. The molecule has 3 saturated heterocycles. The highest BCUT2D eigenvalue weighted by molar-refractivity contribution is 5.89. The zero-order valence-electron chi connectivity index (χ0n) is 23.2. The molecule has 3 aliphatic heterocycles. The van der Waals surface area contributed by atoms with E-state index in [4.69, 9.17) is 28.4 Å². The Labute approximate surface area is 230 Å². The summed E-state index contributed by atoms with van der Waals surface area (Å²) in [6.07, 6.45) is -4.06. The Balaban J connectivity index is 1.42. The fourth-order valence-electron chi connectivity index (χ4n) is 4.99. The standard InChI is InChI=1S/C27H35F2NO10/c1-7-34-24(33)27(28,29)12-17(30-14(2)31)15-8-10-16(11-9-15)22(32)35-13-18-19-20(38-25(3,4)37-19)21-23(36-18)40-26(5,6)39-21/h8-11,17-21,23H,7,12-13H2,1-6H3,(H,30,31)/t17?,18-,19+,20+,21-,23-/m1/s1. The number of amides is 1. The van der Waals surface area contributed by atoms with Gasteiger partial charge in [0, 0.05) is 13.3 Å². The minimum absolute atomic E-state index is 0.137. The van der Waals surface area contributed by atoms with Gasteiger partial charge in [0.05, 0.1) is 18.2 Å². The van der Waals surface area contributed by atoms with Crippen molar-refractivity contribution < 1.29 is 56.3 Å². The minimum Gasteiger partial charge on any atom is -0.462 e. The Morgan fingerprint density at radius 2 is 1.55 bits per heavy atom. The van der Waals surface area contributed by atoms with Crippen molar-refractivity contribution in [3.8, 4) is 0 Å². The van der Waals surface area contributed by atoms with Crippen LogP contribution in [0.1, 0.15) is 69.9 Å². The van der Waals surface area contributed by atoms with Gasteiger partial charge in [-0.2, -0.15) is 8.78 Å². The number of ether oxygens (including phenoxy) is 7. The van der Waals surface area contributed by atoms with E-state index in [-0.39, 0.29) is 24.3 Å². The van der Waals surface area contributed by atoms with Gasteiger partial charge in [-0.25, -0.2) is 9.59 Å². The van der Waals surface area contributed by atoms with Crippen LogP contribution in [0.3, 0.4) is 0 Å². The SMILES string of the molecule is CCOC(=O)C(F)(F)CC(NC(C)=O)c1ccc(C(=O)OC[C@H]2O[C@@H]3OC(C)(C)O[C@@H]3[C@H]3OC(C)(C)O[C@H]32)cc1. The van der Waals surface area contributed by atoms with Gasteiger partial charge in [-0.3, -0.25) is 4.79 Å². The van der Waals surface area contributed by atoms with E-state index >= 15 is 0 Å². The van der Waals surface area contributed by atoms with Gasteiger partial charge in [-0.15, -0.1) is 0 Å². The smallest absolute Gasteiger partial charge is 0.377 e. The number of hydrogen-bond acceptors (Lipinski definition) is 10. The second kappa shape index (κ2) is 11.3. The molecule has 3 aliphatic rings. The van der Waals surface area contributed by atoms with Crippen LogP contribution in [-0.4, -0.2) is 79.3 Å². The number of benzene rings is 1. The first-order valence-electron chi connectivity index (χ1n) is 13.1. The van der Waals surface area contributed by atoms with Crippen LogP contribution in [0, 0.1) is 0 Å². The first-order valence-corrected chi connectivity index (χ1v) is 13.1. The maximum absolute atomic E-state index is 14.4. The third-order valence-electron chi connectivity index (χ3n) is 6.59. The lowest BCUT2D eigenvalue weighted by atomic mass is 9.98. The summed E-state index contributed by atoms with van der Waals surface area (Å²) in [5.74, 6) is -8.57. The van der Waals surface area contributed by atoms with Crippen molar-refractivity contribution >= 4 is 17.8 Å². The molecule has 1 aromatic rings. The summed E-state index contributed by atoms with van der Waals surface area (Å²) in [5, 5.41) is 2.41. The molecule has 3 fully saturated rings. The Kier molecular flexibility index (Phi) is 8.53. The summed E-state index contributed by atoms with van der Waals surface area (Å²) in [6, 6.07) is 4.36. The predicted octanol–water partition coefficient (Wildman–Crippen LogP) is 3.01. The van der Waals surface area contributed by atoms with Crippen LogP contribution in [0.15, 0.2) is 24.3 Å². The zero-order chi connectivity index (χ0) is 29.5. The number of carbonyl (C=O) groups is 3. The van der Waals surface area contributed by atoms with Crippen molar-refractivity contribution in [2.24, 2.45) is 0 Å². The van der Waals surface area contributed by atoms with Crippen LogP contribution in [0.4, 0.5) is 8.78 Å². The van der Waals surface area contributed by atoms with Crippen LogP contribution in [0.25, 0.3) is 0 Å². The zero-order valence-corrected chi connectivity index (χ0v) is 23.2. The monoisotopic (exact) mass is 571 g/mol. The van der Waals surface area contributed by atoms with Gasteiger partial charge in [0.2, 0.25) is 5.91 Å². The van der Waals surface area contributed by atoms with E-state index in [2.05, 4.69) is 10.1 Å². The lowest BCUT2D eigenvalue weighted by Gasteiger charge is -2.36. The number of halogens is 2. The topological polar surface area (TPSA) is 128 Å². The molecule has 1 amide bonds. The van der Waals surface area contributed by atoms with Gasteiger partial charge in [-0.1, -0.05) is 12.1 Å². The molecule has 222 valence electrons. The maximum Gasteiger partial charge on any atom is 0.377 e. The fourth-order valence-corrected chi connectivity index (χ4v) is 4.99. The molecule has 0 saturated carbocycles. The number of rotatable bonds is 9. The van der Waals surface area contributed by atoms with E-state index in [1.54, 1.807) is 27.7 Å². The van der Waals surface area contributed by atoms with Gasteiger partial charge in [0.1, 0.15) is 31.0 Å². The lowest BCUT2D eigenvalue weighted by molar-refractivity contribution is -0.240. The molecule has 6 atom stereocenters. The molecule has 0 radical (unpaired) electrons. The van der Waals surface area contributed by atoms with Crippen LogP contribution in [0.2, 0.25) is 0 Å². The van der Waals surface area contributed by atoms with Crippen molar-refractivity contribution in [3.63, 3.8) is 0 Å². The summed E-state index contributed by atoms with van der Waals surface area (Å²) in [7, 11) is 0. The maximum atomic E-state index is 14.4. The molecule has 13 heteroatoms. The quantitative estimate of drug-likeness (QED) is 0.442. The number of nitrogens with one attached hydrogen (secondary N) is 1. The van der Waals surface area contributed by atoms with E-state index in [0.29, 0.717) is 0 Å². The van der Waals surface area contributed by atoms with E-state index in [9.17, 15) is 23.2 Å². The molecule has 4 rings (SSSR count). The average Bonchev–Trinajstić information content (AvgIpc) is 3.35. The molecule has 0 bridgehead atoms. The molecule has 0 aliphatic carbocycles. The summed E-state index contributed by atoms with van der Waals surface area (Å²) in [6.45, 7) is 9.26. The van der Waals surface area contributed by atoms with Crippen molar-refractivity contribution in [3.05, 3.63) is 35.4 Å². The molecular weight excluding hydrogens is 536 g/mol. The first-order chi connectivity index (χ1) is 18.6. The second-order valence-electron chi connectivity index (χ2n) is 10.8. The Morgan fingerprint density at radius 1 is 0.950 bits per heavy atom. The van der Waals surface area contributed by atoms with Gasteiger partial charge in [0.15, 0.2) is 17.9 Å². The highest BCUT2D eigenvalue weighted by Gasteiger charge is 2.60.